The van der Waals surface area contributed by atoms with Gasteiger partial charge in [0.1, 0.15) is 0 Å². The zero-order valence-corrected chi connectivity index (χ0v) is 11.7. The number of nitrogens with two attached hydrogens (primary N) is 1. The summed E-state index contributed by atoms with van der Waals surface area (Å²) in [5.41, 5.74) is 7.06. The molecule has 0 spiro atoms. The van der Waals surface area contributed by atoms with Crippen LogP contribution in [0.2, 0.25) is 0 Å². The van der Waals surface area contributed by atoms with E-state index in [0.29, 0.717) is 6.54 Å². The van der Waals surface area contributed by atoms with Crippen molar-refractivity contribution in [1.29, 1.82) is 0 Å². The summed E-state index contributed by atoms with van der Waals surface area (Å²) in [6.07, 6.45) is 0.879. The fraction of sp³-hybridized carbons (Fsp3) is 0.533. The number of nitrogens with zero attached hydrogens (tertiary/aromatic N) is 1. The lowest BCUT2D eigenvalue weighted by molar-refractivity contribution is -0.132. The Bertz CT molecular complexity index is 430. The quantitative estimate of drug-likeness (QED) is 0.870. The number of carbonyl (C=O) groups excluding carboxylic acids is 1. The van der Waals surface area contributed by atoms with Gasteiger partial charge in [0.2, 0.25) is 5.91 Å². The van der Waals surface area contributed by atoms with Crippen LogP contribution in [0.5, 0.6) is 0 Å². The zero-order chi connectivity index (χ0) is 13.9. The summed E-state index contributed by atoms with van der Waals surface area (Å²) in [7, 11) is 0. The number of amides is 1. The topological polar surface area (TPSA) is 58.4 Å². The smallest absolute Gasteiger partial charge is 0.241 e. The summed E-state index contributed by atoms with van der Waals surface area (Å²) in [5.74, 6) is 0.142. The molecule has 2 rings (SSSR count). The summed E-state index contributed by atoms with van der Waals surface area (Å²) < 4.78 is 0. The zero-order valence-electron chi connectivity index (χ0n) is 11.7. The largest absolute Gasteiger partial charge is 0.376 e. The van der Waals surface area contributed by atoms with Crippen LogP contribution in [0.4, 0.5) is 5.69 Å². The van der Waals surface area contributed by atoms with E-state index in [1.165, 1.54) is 0 Å². The highest BCUT2D eigenvalue weighted by Gasteiger charge is 2.35. The molecule has 0 saturated carbocycles. The molecular formula is C15H23N3O. The second kappa shape index (κ2) is 5.61. The first-order valence-electron chi connectivity index (χ1n) is 6.81. The van der Waals surface area contributed by atoms with E-state index in [0.717, 1.165) is 25.2 Å². The molecule has 3 N–H and O–H groups in total. The molecule has 0 aliphatic carbocycles. The Kier molecular flexibility index (Phi) is 4.10. The van der Waals surface area contributed by atoms with E-state index >= 15 is 0 Å². The fourth-order valence-electron chi connectivity index (χ4n) is 2.43. The van der Waals surface area contributed by atoms with Gasteiger partial charge in [0, 0.05) is 24.8 Å². The van der Waals surface area contributed by atoms with Crippen LogP contribution in [0.3, 0.4) is 0 Å². The number of hydrogen-bond acceptors (Lipinski definition) is 3. The molecule has 1 aromatic carbocycles. The number of likely N-dealkylation sites (tertiary alicyclic amines) is 1. The normalized spacial score (nSPS) is 22.1. The maximum absolute atomic E-state index is 12.2. The Hall–Kier alpha value is -1.55. The fourth-order valence-corrected chi connectivity index (χ4v) is 2.43. The van der Waals surface area contributed by atoms with Crippen LogP contribution in [0.1, 0.15) is 20.3 Å². The van der Waals surface area contributed by atoms with E-state index in [1.54, 1.807) is 0 Å². The Morgan fingerprint density at radius 3 is 2.74 bits per heavy atom. The summed E-state index contributed by atoms with van der Waals surface area (Å²) in [6.45, 7) is 6.10. The summed E-state index contributed by atoms with van der Waals surface area (Å²) in [6, 6.07) is 9.97. The first-order valence-corrected chi connectivity index (χ1v) is 6.81. The minimum atomic E-state index is 0.000652. The van der Waals surface area contributed by atoms with Crippen LogP contribution in [0, 0.1) is 5.41 Å². The molecule has 0 aromatic heterocycles. The molecule has 1 unspecified atom stereocenters. The lowest BCUT2D eigenvalue weighted by atomic mass is 9.79. The average molecular weight is 261 g/mol. The van der Waals surface area contributed by atoms with E-state index in [9.17, 15) is 4.79 Å². The number of rotatable bonds is 3. The van der Waals surface area contributed by atoms with Gasteiger partial charge in [0.15, 0.2) is 0 Å². The summed E-state index contributed by atoms with van der Waals surface area (Å²) in [4.78, 5) is 14.1. The van der Waals surface area contributed by atoms with Gasteiger partial charge in [-0.15, -0.1) is 0 Å². The molecule has 1 atom stereocenters. The van der Waals surface area contributed by atoms with Gasteiger partial charge >= 0.3 is 0 Å². The van der Waals surface area contributed by atoms with Crippen LogP contribution < -0.4 is 11.1 Å². The molecular weight excluding hydrogens is 238 g/mol. The number of piperidine rings is 1. The van der Waals surface area contributed by atoms with Crippen molar-refractivity contribution in [3.05, 3.63) is 30.3 Å². The molecule has 104 valence electrons. The number of carbonyl (C=O) groups is 1. The van der Waals surface area contributed by atoms with Crippen LogP contribution in [-0.2, 0) is 4.79 Å². The molecule has 1 fully saturated rings. The van der Waals surface area contributed by atoms with Gasteiger partial charge in [-0.25, -0.2) is 0 Å². The van der Waals surface area contributed by atoms with Gasteiger partial charge in [-0.05, 0) is 24.0 Å². The van der Waals surface area contributed by atoms with Crippen LogP contribution in [-0.4, -0.2) is 36.5 Å². The predicted molar refractivity (Wildman–Crippen MR) is 77.9 cm³/mol. The molecule has 1 saturated heterocycles. The lowest BCUT2D eigenvalue weighted by Crippen LogP contribution is -2.54. The first kappa shape index (κ1) is 13.9. The number of hydrogen-bond donors (Lipinski definition) is 2. The maximum Gasteiger partial charge on any atom is 0.241 e. The van der Waals surface area contributed by atoms with Gasteiger partial charge in [-0.1, -0.05) is 32.0 Å². The van der Waals surface area contributed by atoms with Gasteiger partial charge in [-0.2, -0.15) is 0 Å². The highest BCUT2D eigenvalue weighted by molar-refractivity contribution is 5.81. The van der Waals surface area contributed by atoms with E-state index in [2.05, 4.69) is 19.2 Å². The van der Waals surface area contributed by atoms with Gasteiger partial charge in [-0.3, -0.25) is 4.79 Å². The molecule has 1 amide bonds. The maximum atomic E-state index is 12.2. The molecule has 0 bridgehead atoms. The number of nitrogens with one attached hydrogen (secondary N) is 1. The monoisotopic (exact) mass is 261 g/mol. The Balaban J connectivity index is 1.87. The van der Waals surface area contributed by atoms with Gasteiger partial charge in [0.05, 0.1) is 6.54 Å². The van der Waals surface area contributed by atoms with Crippen molar-refractivity contribution in [1.82, 2.24) is 4.90 Å². The third kappa shape index (κ3) is 3.47. The van der Waals surface area contributed by atoms with Crippen molar-refractivity contribution in [3.8, 4) is 0 Å². The SMILES string of the molecule is CC1(C)CN(C(=O)CNc2ccccc2)CCC1N. The Morgan fingerprint density at radius 1 is 1.42 bits per heavy atom. The van der Waals surface area contributed by atoms with Crippen molar-refractivity contribution in [2.75, 3.05) is 25.0 Å². The van der Waals surface area contributed by atoms with E-state index in [1.807, 2.05) is 35.2 Å². The molecule has 1 aromatic rings. The molecule has 1 heterocycles. The van der Waals surface area contributed by atoms with E-state index in [-0.39, 0.29) is 17.4 Å². The van der Waals surface area contributed by atoms with Gasteiger partial charge < -0.3 is 16.0 Å². The number of para-hydroxylation sites is 1. The second-order valence-electron chi connectivity index (χ2n) is 5.92. The van der Waals surface area contributed by atoms with E-state index < -0.39 is 0 Å². The first-order chi connectivity index (χ1) is 8.99. The standard InChI is InChI=1S/C15H23N3O/c1-15(2)11-18(9-8-13(15)16)14(19)10-17-12-6-4-3-5-7-12/h3-7,13,17H,8-11,16H2,1-2H3. The molecule has 0 radical (unpaired) electrons. The molecule has 19 heavy (non-hydrogen) atoms. The third-order valence-electron chi connectivity index (χ3n) is 3.88. The molecule has 1 aliphatic heterocycles. The van der Waals surface area contributed by atoms with Gasteiger partial charge in [0.25, 0.3) is 0 Å². The molecule has 1 aliphatic rings. The second-order valence-corrected chi connectivity index (χ2v) is 5.92. The van der Waals surface area contributed by atoms with Crippen molar-refractivity contribution < 1.29 is 4.79 Å². The molecule has 4 nitrogen and oxygen atoms in total. The number of anilines is 1. The van der Waals surface area contributed by atoms with E-state index in [4.69, 9.17) is 5.73 Å². The van der Waals surface area contributed by atoms with Crippen molar-refractivity contribution in [2.45, 2.75) is 26.3 Å². The average Bonchev–Trinajstić information content (AvgIpc) is 2.40. The van der Waals surface area contributed by atoms with Crippen LogP contribution >= 0.6 is 0 Å². The third-order valence-corrected chi connectivity index (χ3v) is 3.88. The minimum Gasteiger partial charge on any atom is -0.376 e. The number of benzene rings is 1. The van der Waals surface area contributed by atoms with Crippen molar-refractivity contribution in [2.24, 2.45) is 11.1 Å². The highest BCUT2D eigenvalue weighted by atomic mass is 16.2. The Morgan fingerprint density at radius 2 is 2.11 bits per heavy atom. The van der Waals surface area contributed by atoms with Crippen molar-refractivity contribution in [3.63, 3.8) is 0 Å². The summed E-state index contributed by atoms with van der Waals surface area (Å²) in [5, 5.41) is 3.16. The highest BCUT2D eigenvalue weighted by Crippen LogP contribution is 2.27. The lowest BCUT2D eigenvalue weighted by Gasteiger charge is -2.42. The summed E-state index contributed by atoms with van der Waals surface area (Å²) >= 11 is 0. The molecule has 4 heteroatoms. The minimum absolute atomic E-state index is 0.000652. The van der Waals surface area contributed by atoms with Crippen LogP contribution in [0.15, 0.2) is 30.3 Å². The van der Waals surface area contributed by atoms with Crippen LogP contribution in [0.25, 0.3) is 0 Å². The predicted octanol–water partition coefficient (Wildman–Crippen LogP) is 1.68. The Labute approximate surface area is 115 Å². The van der Waals surface area contributed by atoms with Crippen molar-refractivity contribution >= 4 is 11.6 Å².